The van der Waals surface area contributed by atoms with Crippen molar-refractivity contribution in [3.05, 3.63) is 36.8 Å². The van der Waals surface area contributed by atoms with Crippen LogP contribution in [0.3, 0.4) is 0 Å². The van der Waals surface area contributed by atoms with Gasteiger partial charge in [-0.15, -0.1) is 0 Å². The van der Waals surface area contributed by atoms with Crippen LogP contribution in [0.25, 0.3) is 22.6 Å². The molecule has 4 nitrogen and oxygen atoms in total. The first kappa shape index (κ1) is 11.0. The summed E-state index contributed by atoms with van der Waals surface area (Å²) in [6.45, 7) is 5.38. The SMILES string of the molecule is CC(C)Cn1c(-c2cnc[nH]2)nc2ccccc21. The number of hydrogen-bond donors (Lipinski definition) is 1. The van der Waals surface area contributed by atoms with Gasteiger partial charge in [0.2, 0.25) is 0 Å². The smallest absolute Gasteiger partial charge is 0.159 e. The zero-order chi connectivity index (χ0) is 12.5. The Balaban J connectivity index is 2.23. The highest BCUT2D eigenvalue weighted by atomic mass is 15.1. The highest BCUT2D eigenvalue weighted by molar-refractivity contribution is 5.79. The van der Waals surface area contributed by atoms with Crippen LogP contribution in [0.5, 0.6) is 0 Å². The topological polar surface area (TPSA) is 46.5 Å². The Morgan fingerprint density at radius 3 is 2.83 bits per heavy atom. The van der Waals surface area contributed by atoms with Gasteiger partial charge in [0, 0.05) is 6.54 Å². The van der Waals surface area contributed by atoms with Crippen LogP contribution in [0.15, 0.2) is 36.8 Å². The van der Waals surface area contributed by atoms with E-state index in [-0.39, 0.29) is 0 Å². The van der Waals surface area contributed by atoms with Gasteiger partial charge in [-0.05, 0) is 18.1 Å². The number of nitrogens with zero attached hydrogens (tertiary/aromatic N) is 3. The third-order valence-corrected chi connectivity index (χ3v) is 2.94. The Hall–Kier alpha value is -2.10. The largest absolute Gasteiger partial charge is 0.342 e. The predicted molar refractivity (Wildman–Crippen MR) is 72.2 cm³/mol. The maximum Gasteiger partial charge on any atom is 0.159 e. The third-order valence-electron chi connectivity index (χ3n) is 2.94. The van der Waals surface area contributed by atoms with Crippen LogP contribution < -0.4 is 0 Å². The van der Waals surface area contributed by atoms with Crippen molar-refractivity contribution in [3.63, 3.8) is 0 Å². The Morgan fingerprint density at radius 1 is 1.28 bits per heavy atom. The molecular formula is C14H16N4. The number of H-pyrrole nitrogens is 1. The minimum absolute atomic E-state index is 0.573. The van der Waals surface area contributed by atoms with E-state index in [0.717, 1.165) is 23.6 Å². The molecule has 0 radical (unpaired) electrons. The maximum absolute atomic E-state index is 4.70. The summed E-state index contributed by atoms with van der Waals surface area (Å²) in [5, 5.41) is 0. The van der Waals surface area contributed by atoms with Crippen molar-refractivity contribution in [1.29, 1.82) is 0 Å². The van der Waals surface area contributed by atoms with Gasteiger partial charge >= 0.3 is 0 Å². The highest BCUT2D eigenvalue weighted by Crippen LogP contribution is 2.24. The molecule has 0 saturated heterocycles. The summed E-state index contributed by atoms with van der Waals surface area (Å²) >= 11 is 0. The van der Waals surface area contributed by atoms with Crippen LogP contribution in [0.2, 0.25) is 0 Å². The molecule has 0 spiro atoms. The van der Waals surface area contributed by atoms with E-state index in [2.05, 4.69) is 40.5 Å². The van der Waals surface area contributed by atoms with Crippen LogP contribution in [-0.2, 0) is 6.54 Å². The number of aromatic nitrogens is 4. The van der Waals surface area contributed by atoms with Crippen LogP contribution >= 0.6 is 0 Å². The minimum Gasteiger partial charge on any atom is -0.342 e. The summed E-state index contributed by atoms with van der Waals surface area (Å²) in [4.78, 5) is 11.9. The van der Waals surface area contributed by atoms with Crippen molar-refractivity contribution in [2.75, 3.05) is 0 Å². The lowest BCUT2D eigenvalue weighted by Gasteiger charge is -2.10. The van der Waals surface area contributed by atoms with Gasteiger partial charge in [-0.3, -0.25) is 0 Å². The molecule has 0 bridgehead atoms. The zero-order valence-corrected chi connectivity index (χ0v) is 10.6. The predicted octanol–water partition coefficient (Wildman–Crippen LogP) is 3.08. The quantitative estimate of drug-likeness (QED) is 0.764. The Morgan fingerprint density at radius 2 is 2.11 bits per heavy atom. The van der Waals surface area contributed by atoms with E-state index in [1.165, 1.54) is 5.52 Å². The molecule has 0 aliphatic heterocycles. The average Bonchev–Trinajstić information content (AvgIpc) is 2.96. The maximum atomic E-state index is 4.70. The first-order chi connectivity index (χ1) is 8.75. The van der Waals surface area contributed by atoms with Gasteiger partial charge in [0.1, 0.15) is 5.69 Å². The first-order valence-electron chi connectivity index (χ1n) is 6.19. The summed E-state index contributed by atoms with van der Waals surface area (Å²) in [5.41, 5.74) is 3.17. The lowest BCUT2D eigenvalue weighted by molar-refractivity contribution is 0.536. The van der Waals surface area contributed by atoms with Crippen molar-refractivity contribution in [1.82, 2.24) is 19.5 Å². The Kier molecular flexibility index (Phi) is 2.63. The molecule has 2 aromatic heterocycles. The second-order valence-corrected chi connectivity index (χ2v) is 4.89. The molecule has 3 rings (SSSR count). The van der Waals surface area contributed by atoms with Gasteiger partial charge in [-0.2, -0.15) is 0 Å². The van der Waals surface area contributed by atoms with Gasteiger partial charge in [-0.25, -0.2) is 9.97 Å². The second-order valence-electron chi connectivity index (χ2n) is 4.89. The van der Waals surface area contributed by atoms with E-state index in [1.54, 1.807) is 6.33 Å². The molecule has 0 saturated carbocycles. The fourth-order valence-electron chi connectivity index (χ4n) is 2.21. The summed E-state index contributed by atoms with van der Waals surface area (Å²) < 4.78 is 2.26. The van der Waals surface area contributed by atoms with E-state index in [9.17, 15) is 0 Å². The Bertz CT molecular complexity index is 650. The standard InChI is InChI=1S/C14H16N4/c1-10(2)8-18-13-6-4-3-5-11(13)17-14(18)12-7-15-9-16-12/h3-7,9-10H,8H2,1-2H3,(H,15,16). The van der Waals surface area contributed by atoms with E-state index in [1.807, 2.05) is 18.3 Å². The third kappa shape index (κ3) is 1.79. The molecule has 1 aromatic carbocycles. The summed E-state index contributed by atoms with van der Waals surface area (Å²) in [5.74, 6) is 1.53. The Labute approximate surface area is 106 Å². The minimum atomic E-state index is 0.573. The molecule has 0 fully saturated rings. The number of imidazole rings is 2. The van der Waals surface area contributed by atoms with Gasteiger partial charge in [0.25, 0.3) is 0 Å². The van der Waals surface area contributed by atoms with E-state index >= 15 is 0 Å². The number of hydrogen-bond acceptors (Lipinski definition) is 2. The normalized spacial score (nSPS) is 11.5. The van der Waals surface area contributed by atoms with Crippen molar-refractivity contribution >= 4 is 11.0 Å². The lowest BCUT2D eigenvalue weighted by Crippen LogP contribution is -2.06. The monoisotopic (exact) mass is 240 g/mol. The molecule has 0 atom stereocenters. The number of aromatic amines is 1. The van der Waals surface area contributed by atoms with Gasteiger partial charge in [0.15, 0.2) is 5.82 Å². The van der Waals surface area contributed by atoms with Crippen LogP contribution in [-0.4, -0.2) is 19.5 Å². The number of fused-ring (bicyclic) bond motifs is 1. The fourth-order valence-corrected chi connectivity index (χ4v) is 2.21. The van der Waals surface area contributed by atoms with Crippen molar-refractivity contribution in [2.45, 2.75) is 20.4 Å². The van der Waals surface area contributed by atoms with E-state index in [4.69, 9.17) is 4.98 Å². The van der Waals surface area contributed by atoms with Gasteiger partial charge in [-0.1, -0.05) is 26.0 Å². The van der Waals surface area contributed by atoms with E-state index < -0.39 is 0 Å². The number of para-hydroxylation sites is 2. The van der Waals surface area contributed by atoms with Crippen LogP contribution in [0.1, 0.15) is 13.8 Å². The number of nitrogens with one attached hydrogen (secondary N) is 1. The molecule has 4 heteroatoms. The molecule has 2 heterocycles. The average molecular weight is 240 g/mol. The van der Waals surface area contributed by atoms with Gasteiger partial charge < -0.3 is 9.55 Å². The summed E-state index contributed by atoms with van der Waals surface area (Å²) in [6, 6.07) is 8.24. The molecule has 92 valence electrons. The first-order valence-corrected chi connectivity index (χ1v) is 6.19. The van der Waals surface area contributed by atoms with E-state index in [0.29, 0.717) is 5.92 Å². The molecule has 1 N–H and O–H groups in total. The lowest BCUT2D eigenvalue weighted by atomic mass is 10.2. The van der Waals surface area contributed by atoms with Crippen molar-refractivity contribution < 1.29 is 0 Å². The molecule has 0 amide bonds. The summed E-state index contributed by atoms with van der Waals surface area (Å²) in [6.07, 6.45) is 3.51. The molecular weight excluding hydrogens is 224 g/mol. The molecule has 0 unspecified atom stereocenters. The van der Waals surface area contributed by atoms with Crippen LogP contribution in [0, 0.1) is 5.92 Å². The second kappa shape index (κ2) is 4.29. The van der Waals surface area contributed by atoms with Crippen LogP contribution in [0.4, 0.5) is 0 Å². The van der Waals surface area contributed by atoms with Crippen molar-refractivity contribution in [3.8, 4) is 11.5 Å². The molecule has 0 aliphatic rings. The van der Waals surface area contributed by atoms with Crippen molar-refractivity contribution in [2.24, 2.45) is 5.92 Å². The highest BCUT2D eigenvalue weighted by Gasteiger charge is 2.13. The molecule has 3 aromatic rings. The van der Waals surface area contributed by atoms with Gasteiger partial charge in [0.05, 0.1) is 23.6 Å². The molecule has 0 aliphatic carbocycles. The number of benzene rings is 1. The summed E-state index contributed by atoms with van der Waals surface area (Å²) in [7, 11) is 0. The zero-order valence-electron chi connectivity index (χ0n) is 10.6. The molecule has 18 heavy (non-hydrogen) atoms. The fraction of sp³-hybridized carbons (Fsp3) is 0.286. The number of rotatable bonds is 3.